The first-order valence-electron chi connectivity index (χ1n) is 5.93. The minimum Gasteiger partial charge on any atom is -0.481 e. The second-order valence-electron chi connectivity index (χ2n) is 4.50. The third-order valence-corrected chi connectivity index (χ3v) is 2.54. The fraction of sp³-hybridized carbons (Fsp3) is 0.769. The molecule has 0 aromatic rings. The van der Waals surface area contributed by atoms with Crippen molar-refractivity contribution in [2.75, 3.05) is 0 Å². The van der Waals surface area contributed by atoms with Gasteiger partial charge in [0.15, 0.2) is 0 Å². The van der Waals surface area contributed by atoms with Gasteiger partial charge in [-0.3, -0.25) is 4.79 Å². The van der Waals surface area contributed by atoms with Crippen LogP contribution in [0, 0.1) is 11.8 Å². The highest BCUT2D eigenvalue weighted by atomic mass is 16.4. The quantitative estimate of drug-likeness (QED) is 0.490. The molecular formula is C13H24O2. The molecule has 88 valence electrons. The van der Waals surface area contributed by atoms with Gasteiger partial charge in [0.1, 0.15) is 0 Å². The molecule has 2 nitrogen and oxygen atoms in total. The molecule has 0 bridgehead atoms. The molecule has 0 rings (SSSR count). The van der Waals surface area contributed by atoms with E-state index in [1.54, 1.807) is 6.08 Å². The zero-order chi connectivity index (χ0) is 11.7. The number of aliphatic carboxylic acids is 1. The molecule has 1 unspecified atom stereocenters. The van der Waals surface area contributed by atoms with Gasteiger partial charge in [-0.15, -0.1) is 0 Å². The van der Waals surface area contributed by atoms with Crippen LogP contribution in [0.2, 0.25) is 0 Å². The minimum absolute atomic E-state index is 0.283. The van der Waals surface area contributed by atoms with Crippen LogP contribution in [-0.4, -0.2) is 11.1 Å². The lowest BCUT2D eigenvalue weighted by atomic mass is 9.98. The van der Waals surface area contributed by atoms with Crippen LogP contribution in [0.3, 0.4) is 0 Å². The van der Waals surface area contributed by atoms with Crippen molar-refractivity contribution >= 4 is 5.97 Å². The molecule has 0 saturated heterocycles. The average Bonchev–Trinajstić information content (AvgIpc) is 2.15. The van der Waals surface area contributed by atoms with E-state index in [9.17, 15) is 4.79 Å². The van der Waals surface area contributed by atoms with Gasteiger partial charge in [0, 0.05) is 0 Å². The number of unbranched alkanes of at least 4 members (excludes halogenated alkanes) is 2. The van der Waals surface area contributed by atoms with Crippen molar-refractivity contribution in [3.8, 4) is 0 Å². The Labute approximate surface area is 93.4 Å². The summed E-state index contributed by atoms with van der Waals surface area (Å²) >= 11 is 0. The molecule has 0 fully saturated rings. The van der Waals surface area contributed by atoms with Gasteiger partial charge in [-0.05, 0) is 19.3 Å². The molecule has 0 spiro atoms. The Hall–Kier alpha value is -0.790. The van der Waals surface area contributed by atoms with Gasteiger partial charge in [0.2, 0.25) is 0 Å². The molecule has 1 N–H and O–H groups in total. The Morgan fingerprint density at radius 3 is 2.27 bits per heavy atom. The summed E-state index contributed by atoms with van der Waals surface area (Å²) < 4.78 is 0. The number of carboxylic acids is 1. The van der Waals surface area contributed by atoms with Crippen molar-refractivity contribution in [1.82, 2.24) is 0 Å². The van der Waals surface area contributed by atoms with Crippen LogP contribution in [0.15, 0.2) is 12.2 Å². The lowest BCUT2D eigenvalue weighted by Gasteiger charge is -2.07. The van der Waals surface area contributed by atoms with E-state index in [1.165, 1.54) is 12.8 Å². The Morgan fingerprint density at radius 2 is 1.80 bits per heavy atom. The average molecular weight is 212 g/mol. The number of rotatable bonds is 8. The highest BCUT2D eigenvalue weighted by molar-refractivity contribution is 5.71. The molecule has 0 aromatic heterocycles. The summed E-state index contributed by atoms with van der Waals surface area (Å²) in [4.78, 5) is 10.8. The summed E-state index contributed by atoms with van der Waals surface area (Å²) in [6.45, 7) is 6.31. The fourth-order valence-corrected chi connectivity index (χ4v) is 1.63. The number of carbonyl (C=O) groups is 1. The lowest BCUT2D eigenvalue weighted by molar-refractivity contribution is -0.140. The summed E-state index contributed by atoms with van der Waals surface area (Å²) in [6, 6.07) is 0. The highest BCUT2D eigenvalue weighted by Crippen LogP contribution is 2.14. The molecule has 0 aromatic carbocycles. The molecule has 0 aliphatic carbocycles. The van der Waals surface area contributed by atoms with Gasteiger partial charge in [-0.1, -0.05) is 51.7 Å². The summed E-state index contributed by atoms with van der Waals surface area (Å²) in [5.74, 6) is -0.221. The van der Waals surface area contributed by atoms with Crippen molar-refractivity contribution in [3.63, 3.8) is 0 Å². The van der Waals surface area contributed by atoms with Gasteiger partial charge >= 0.3 is 5.97 Å². The summed E-state index contributed by atoms with van der Waals surface area (Å²) in [7, 11) is 0. The van der Waals surface area contributed by atoms with Crippen LogP contribution in [-0.2, 0) is 4.79 Å². The van der Waals surface area contributed by atoms with E-state index >= 15 is 0 Å². The molecule has 0 aliphatic rings. The van der Waals surface area contributed by atoms with Crippen LogP contribution >= 0.6 is 0 Å². The van der Waals surface area contributed by atoms with Crippen molar-refractivity contribution in [1.29, 1.82) is 0 Å². The highest BCUT2D eigenvalue weighted by Gasteiger charge is 2.12. The van der Waals surface area contributed by atoms with E-state index in [4.69, 9.17) is 5.11 Å². The van der Waals surface area contributed by atoms with E-state index in [0.717, 1.165) is 25.2 Å². The van der Waals surface area contributed by atoms with Crippen molar-refractivity contribution in [3.05, 3.63) is 12.2 Å². The first kappa shape index (κ1) is 14.2. The van der Waals surface area contributed by atoms with Gasteiger partial charge < -0.3 is 5.11 Å². The van der Waals surface area contributed by atoms with Crippen LogP contribution in [0.25, 0.3) is 0 Å². The second-order valence-corrected chi connectivity index (χ2v) is 4.50. The fourth-order valence-electron chi connectivity index (χ4n) is 1.63. The first-order chi connectivity index (χ1) is 7.07. The Kier molecular flexibility index (Phi) is 8.06. The molecule has 0 aliphatic heterocycles. The molecular weight excluding hydrogens is 188 g/mol. The van der Waals surface area contributed by atoms with Gasteiger partial charge in [0.25, 0.3) is 0 Å². The minimum atomic E-state index is -0.697. The number of allylic oxidation sites excluding steroid dienone is 1. The normalized spacial score (nSPS) is 13.6. The summed E-state index contributed by atoms with van der Waals surface area (Å²) in [5.41, 5.74) is 0. The molecule has 0 radical (unpaired) electrons. The monoisotopic (exact) mass is 212 g/mol. The topological polar surface area (TPSA) is 37.3 Å². The molecule has 2 heteroatoms. The van der Waals surface area contributed by atoms with Crippen molar-refractivity contribution in [2.24, 2.45) is 11.8 Å². The third kappa shape index (κ3) is 8.22. The van der Waals surface area contributed by atoms with Gasteiger partial charge in [-0.25, -0.2) is 0 Å². The molecule has 0 saturated carbocycles. The molecule has 0 amide bonds. The van der Waals surface area contributed by atoms with Crippen LogP contribution < -0.4 is 0 Å². The molecule has 15 heavy (non-hydrogen) atoms. The molecule has 1 atom stereocenters. The maximum Gasteiger partial charge on any atom is 0.310 e. The third-order valence-electron chi connectivity index (χ3n) is 2.54. The van der Waals surface area contributed by atoms with E-state index in [-0.39, 0.29) is 5.92 Å². The number of carboxylic acid groups (broad SMARTS) is 1. The summed E-state index contributed by atoms with van der Waals surface area (Å²) in [5, 5.41) is 8.90. The van der Waals surface area contributed by atoms with Crippen molar-refractivity contribution < 1.29 is 9.90 Å². The molecule has 0 heterocycles. The van der Waals surface area contributed by atoms with Crippen LogP contribution in [0.4, 0.5) is 0 Å². The zero-order valence-corrected chi connectivity index (χ0v) is 10.2. The van der Waals surface area contributed by atoms with Crippen LogP contribution in [0.1, 0.15) is 52.9 Å². The van der Waals surface area contributed by atoms with Crippen LogP contribution in [0.5, 0.6) is 0 Å². The SMILES string of the molecule is CC=CC(CCCCCC(C)C)C(=O)O. The Balaban J connectivity index is 3.59. The van der Waals surface area contributed by atoms with Gasteiger partial charge in [-0.2, -0.15) is 0 Å². The standard InChI is InChI=1S/C13H24O2/c1-4-8-12(13(14)15)10-7-5-6-9-11(2)3/h4,8,11-12H,5-7,9-10H2,1-3H3,(H,14,15). The van der Waals surface area contributed by atoms with Gasteiger partial charge in [0.05, 0.1) is 5.92 Å². The maximum atomic E-state index is 10.8. The predicted octanol–water partition coefficient (Wildman–Crippen LogP) is 3.87. The second kappa shape index (κ2) is 8.51. The summed E-state index contributed by atoms with van der Waals surface area (Å²) in [6.07, 6.45) is 9.03. The predicted molar refractivity (Wildman–Crippen MR) is 63.9 cm³/mol. The smallest absolute Gasteiger partial charge is 0.310 e. The maximum absolute atomic E-state index is 10.8. The van der Waals surface area contributed by atoms with E-state index < -0.39 is 5.97 Å². The number of hydrogen-bond acceptors (Lipinski definition) is 1. The lowest BCUT2D eigenvalue weighted by Crippen LogP contribution is -2.10. The van der Waals surface area contributed by atoms with E-state index in [2.05, 4.69) is 13.8 Å². The Morgan fingerprint density at radius 1 is 1.20 bits per heavy atom. The van der Waals surface area contributed by atoms with E-state index in [1.807, 2.05) is 13.0 Å². The number of hydrogen-bond donors (Lipinski definition) is 1. The van der Waals surface area contributed by atoms with E-state index in [0.29, 0.717) is 0 Å². The zero-order valence-electron chi connectivity index (χ0n) is 10.2. The first-order valence-corrected chi connectivity index (χ1v) is 5.93. The Bertz CT molecular complexity index is 195. The largest absolute Gasteiger partial charge is 0.481 e. The van der Waals surface area contributed by atoms with Crippen molar-refractivity contribution in [2.45, 2.75) is 52.9 Å².